The van der Waals surface area contributed by atoms with Gasteiger partial charge in [-0.1, -0.05) is 13.8 Å². The predicted octanol–water partition coefficient (Wildman–Crippen LogP) is 2.38. The average molecular weight is 353 g/mol. The fraction of sp³-hybridized carbons (Fsp3) is 0.500. The normalized spacial score (nSPS) is 12.7. The molecule has 3 N–H and O–H groups in total. The van der Waals surface area contributed by atoms with Crippen molar-refractivity contribution in [3.05, 3.63) is 28.5 Å². The van der Waals surface area contributed by atoms with E-state index in [9.17, 15) is 12.8 Å². The standard InChI is InChI=1S/C12H18BrFN2O2S/c1-3-12(4-2,8-15)16-19(17,18)11-6-5-9(14)7-10(11)13/h5-7,16H,3-4,8,15H2,1-2H3. The summed E-state index contributed by atoms with van der Waals surface area (Å²) in [6, 6.07) is 3.46. The fourth-order valence-electron chi connectivity index (χ4n) is 1.76. The number of rotatable bonds is 6. The molecule has 0 amide bonds. The first-order chi connectivity index (χ1) is 8.80. The Morgan fingerprint density at radius 2 is 1.95 bits per heavy atom. The summed E-state index contributed by atoms with van der Waals surface area (Å²) in [6.07, 6.45) is 1.16. The Hall–Kier alpha value is -0.500. The van der Waals surface area contributed by atoms with Crippen molar-refractivity contribution in [2.75, 3.05) is 6.54 Å². The molecule has 0 aromatic heterocycles. The molecule has 19 heavy (non-hydrogen) atoms. The van der Waals surface area contributed by atoms with E-state index in [1.165, 1.54) is 6.07 Å². The molecule has 0 radical (unpaired) electrons. The van der Waals surface area contributed by atoms with Gasteiger partial charge in [0.25, 0.3) is 0 Å². The van der Waals surface area contributed by atoms with Crippen molar-refractivity contribution < 1.29 is 12.8 Å². The second-order valence-electron chi connectivity index (χ2n) is 4.37. The first-order valence-electron chi connectivity index (χ1n) is 5.99. The molecule has 1 aromatic carbocycles. The van der Waals surface area contributed by atoms with Gasteiger partial charge in [0.1, 0.15) is 5.82 Å². The number of sulfonamides is 1. The molecule has 1 rings (SSSR count). The van der Waals surface area contributed by atoms with E-state index in [0.717, 1.165) is 12.1 Å². The number of benzene rings is 1. The first kappa shape index (κ1) is 16.6. The monoisotopic (exact) mass is 352 g/mol. The van der Waals surface area contributed by atoms with Crippen molar-refractivity contribution >= 4 is 26.0 Å². The SMILES string of the molecule is CCC(CC)(CN)NS(=O)(=O)c1ccc(F)cc1Br. The topological polar surface area (TPSA) is 72.2 Å². The molecule has 7 heteroatoms. The van der Waals surface area contributed by atoms with Crippen LogP contribution in [0.2, 0.25) is 0 Å². The summed E-state index contributed by atoms with van der Waals surface area (Å²) in [7, 11) is -3.75. The molecular formula is C12H18BrFN2O2S. The van der Waals surface area contributed by atoms with Gasteiger partial charge in [-0.25, -0.2) is 17.5 Å². The molecular weight excluding hydrogens is 335 g/mol. The molecule has 0 atom stereocenters. The van der Waals surface area contributed by atoms with Crippen LogP contribution in [-0.4, -0.2) is 20.5 Å². The highest BCUT2D eigenvalue weighted by molar-refractivity contribution is 9.10. The molecule has 0 saturated heterocycles. The Balaban J connectivity index is 3.17. The van der Waals surface area contributed by atoms with Crippen LogP contribution in [0.25, 0.3) is 0 Å². The van der Waals surface area contributed by atoms with Crippen molar-refractivity contribution in [3.8, 4) is 0 Å². The Morgan fingerprint density at radius 3 is 2.37 bits per heavy atom. The molecule has 1 aromatic rings. The molecule has 108 valence electrons. The maximum Gasteiger partial charge on any atom is 0.242 e. The minimum absolute atomic E-state index is 0.00799. The molecule has 0 fully saturated rings. The number of hydrogen-bond donors (Lipinski definition) is 2. The van der Waals surface area contributed by atoms with E-state index in [2.05, 4.69) is 20.7 Å². The van der Waals surface area contributed by atoms with Gasteiger partial charge in [-0.3, -0.25) is 0 Å². The van der Waals surface area contributed by atoms with Crippen LogP contribution in [-0.2, 0) is 10.0 Å². The minimum atomic E-state index is -3.75. The second kappa shape index (κ2) is 6.30. The predicted molar refractivity (Wildman–Crippen MR) is 76.8 cm³/mol. The highest BCUT2D eigenvalue weighted by Crippen LogP contribution is 2.25. The fourth-order valence-corrected chi connectivity index (χ4v) is 4.36. The van der Waals surface area contributed by atoms with Crippen molar-refractivity contribution in [2.45, 2.75) is 37.1 Å². The quantitative estimate of drug-likeness (QED) is 0.825. The van der Waals surface area contributed by atoms with Gasteiger partial charge in [-0.05, 0) is 47.0 Å². The van der Waals surface area contributed by atoms with Crippen LogP contribution in [0.5, 0.6) is 0 Å². The Labute approximate surface area is 121 Å². The molecule has 0 aliphatic heterocycles. The zero-order valence-electron chi connectivity index (χ0n) is 10.9. The van der Waals surface area contributed by atoms with Crippen molar-refractivity contribution in [1.82, 2.24) is 4.72 Å². The zero-order chi connectivity index (χ0) is 14.7. The summed E-state index contributed by atoms with van der Waals surface area (Å²) in [5.41, 5.74) is 5.00. The van der Waals surface area contributed by atoms with Gasteiger partial charge in [0, 0.05) is 16.6 Å². The highest BCUT2D eigenvalue weighted by Gasteiger charge is 2.31. The van der Waals surface area contributed by atoms with Gasteiger partial charge in [-0.15, -0.1) is 0 Å². The second-order valence-corrected chi connectivity index (χ2v) is 6.88. The third-order valence-electron chi connectivity index (χ3n) is 3.28. The summed E-state index contributed by atoms with van der Waals surface area (Å²) >= 11 is 3.07. The van der Waals surface area contributed by atoms with Crippen molar-refractivity contribution in [1.29, 1.82) is 0 Å². The van der Waals surface area contributed by atoms with E-state index >= 15 is 0 Å². The van der Waals surface area contributed by atoms with E-state index in [0.29, 0.717) is 12.8 Å². The molecule has 0 bridgehead atoms. The lowest BCUT2D eigenvalue weighted by Crippen LogP contribution is -2.52. The lowest BCUT2D eigenvalue weighted by Gasteiger charge is -2.31. The molecule has 0 aliphatic rings. The molecule has 0 aliphatic carbocycles. The Kier molecular flexibility index (Phi) is 5.49. The van der Waals surface area contributed by atoms with Crippen LogP contribution < -0.4 is 10.5 Å². The van der Waals surface area contributed by atoms with E-state index in [4.69, 9.17) is 5.73 Å². The van der Waals surface area contributed by atoms with Gasteiger partial charge in [0.15, 0.2) is 0 Å². The number of nitrogens with two attached hydrogens (primary N) is 1. The summed E-state index contributed by atoms with van der Waals surface area (Å²) in [6.45, 7) is 3.95. The van der Waals surface area contributed by atoms with Crippen LogP contribution in [0.15, 0.2) is 27.6 Å². The maximum atomic E-state index is 13.0. The highest BCUT2D eigenvalue weighted by atomic mass is 79.9. The van der Waals surface area contributed by atoms with Crippen LogP contribution in [0, 0.1) is 5.82 Å². The van der Waals surface area contributed by atoms with E-state index in [-0.39, 0.29) is 15.9 Å². The van der Waals surface area contributed by atoms with Gasteiger partial charge >= 0.3 is 0 Å². The summed E-state index contributed by atoms with van der Waals surface area (Å²) in [5.74, 6) is -0.498. The lowest BCUT2D eigenvalue weighted by atomic mass is 9.95. The number of nitrogens with one attached hydrogen (secondary N) is 1. The minimum Gasteiger partial charge on any atom is -0.329 e. The summed E-state index contributed by atoms with van der Waals surface area (Å²) in [4.78, 5) is 0.00799. The summed E-state index contributed by atoms with van der Waals surface area (Å²) in [5, 5.41) is 0. The lowest BCUT2D eigenvalue weighted by molar-refractivity contribution is 0.363. The van der Waals surface area contributed by atoms with Crippen LogP contribution in [0.4, 0.5) is 4.39 Å². The van der Waals surface area contributed by atoms with Crippen LogP contribution >= 0.6 is 15.9 Å². The van der Waals surface area contributed by atoms with E-state index in [1.54, 1.807) is 0 Å². The average Bonchev–Trinajstić information content (AvgIpc) is 2.35. The van der Waals surface area contributed by atoms with Gasteiger partial charge < -0.3 is 5.73 Å². The van der Waals surface area contributed by atoms with Gasteiger partial charge in [0.2, 0.25) is 10.0 Å². The maximum absolute atomic E-state index is 13.0. The molecule has 0 spiro atoms. The van der Waals surface area contributed by atoms with E-state index < -0.39 is 21.4 Å². The third-order valence-corrected chi connectivity index (χ3v) is 5.83. The molecule has 0 heterocycles. The molecule has 0 saturated carbocycles. The summed E-state index contributed by atoms with van der Waals surface area (Å²) < 4.78 is 40.5. The Bertz CT molecular complexity index is 536. The molecule has 4 nitrogen and oxygen atoms in total. The Morgan fingerprint density at radius 1 is 1.37 bits per heavy atom. The van der Waals surface area contributed by atoms with Gasteiger partial charge in [0.05, 0.1) is 4.90 Å². The zero-order valence-corrected chi connectivity index (χ0v) is 13.3. The number of hydrogen-bond acceptors (Lipinski definition) is 3. The first-order valence-corrected chi connectivity index (χ1v) is 8.27. The number of halogens is 2. The molecule has 0 unspecified atom stereocenters. The van der Waals surface area contributed by atoms with Crippen LogP contribution in [0.1, 0.15) is 26.7 Å². The van der Waals surface area contributed by atoms with Gasteiger partial charge in [-0.2, -0.15) is 0 Å². The van der Waals surface area contributed by atoms with Crippen molar-refractivity contribution in [3.63, 3.8) is 0 Å². The van der Waals surface area contributed by atoms with Crippen LogP contribution in [0.3, 0.4) is 0 Å². The van der Waals surface area contributed by atoms with E-state index in [1.807, 2.05) is 13.8 Å². The third kappa shape index (κ3) is 3.75. The van der Waals surface area contributed by atoms with Crippen molar-refractivity contribution in [2.24, 2.45) is 5.73 Å². The largest absolute Gasteiger partial charge is 0.329 e. The smallest absolute Gasteiger partial charge is 0.242 e.